The van der Waals surface area contributed by atoms with Crippen LogP contribution in [0.25, 0.3) is 11.0 Å². The van der Waals surface area contributed by atoms with E-state index in [4.69, 9.17) is 0 Å². The van der Waals surface area contributed by atoms with E-state index in [0.29, 0.717) is 0 Å². The van der Waals surface area contributed by atoms with E-state index in [0.717, 1.165) is 29.6 Å². The first kappa shape index (κ1) is 13.6. The molecule has 0 aromatic carbocycles. The summed E-state index contributed by atoms with van der Waals surface area (Å²) in [5.41, 5.74) is 2.00. The first-order valence-corrected chi connectivity index (χ1v) is 7.36. The molecular formula is C17H19N3O. The monoisotopic (exact) mass is 281 g/mol. The van der Waals surface area contributed by atoms with Gasteiger partial charge in [0.25, 0.3) is 0 Å². The predicted octanol–water partition coefficient (Wildman–Crippen LogP) is 2.91. The average molecular weight is 281 g/mol. The zero-order valence-electron chi connectivity index (χ0n) is 12.0. The summed E-state index contributed by atoms with van der Waals surface area (Å²) in [5.74, 6) is -0.0295. The van der Waals surface area contributed by atoms with Crippen molar-refractivity contribution in [1.29, 1.82) is 0 Å². The number of aromatic nitrogens is 2. The first-order valence-electron chi connectivity index (χ1n) is 7.36. The minimum atomic E-state index is -0.165. The molecule has 2 unspecified atom stereocenters. The lowest BCUT2D eigenvalue weighted by Crippen LogP contribution is -2.33. The van der Waals surface area contributed by atoms with Gasteiger partial charge in [0.15, 0.2) is 0 Å². The quantitative estimate of drug-likeness (QED) is 0.905. The molecular weight excluding hydrogens is 262 g/mol. The van der Waals surface area contributed by atoms with Crippen molar-refractivity contribution in [2.24, 2.45) is 5.92 Å². The molecule has 21 heavy (non-hydrogen) atoms. The molecule has 2 aromatic heterocycles. The van der Waals surface area contributed by atoms with Crippen LogP contribution in [-0.4, -0.2) is 22.4 Å². The number of amides is 1. The molecule has 0 aliphatic heterocycles. The maximum absolute atomic E-state index is 12.4. The largest absolute Gasteiger partial charge is 0.356 e. The summed E-state index contributed by atoms with van der Waals surface area (Å²) in [6, 6.07) is 4.02. The summed E-state index contributed by atoms with van der Waals surface area (Å²) in [7, 11) is 0. The van der Waals surface area contributed by atoms with Crippen molar-refractivity contribution in [1.82, 2.24) is 15.3 Å². The summed E-state index contributed by atoms with van der Waals surface area (Å²) in [4.78, 5) is 19.8. The Kier molecular flexibility index (Phi) is 3.86. The maximum Gasteiger partial charge on any atom is 0.227 e. The maximum atomic E-state index is 12.4. The van der Waals surface area contributed by atoms with E-state index in [-0.39, 0.29) is 17.7 Å². The highest BCUT2D eigenvalue weighted by Crippen LogP contribution is 2.34. The number of allylic oxidation sites excluding steroid dienone is 3. The van der Waals surface area contributed by atoms with Gasteiger partial charge in [0.2, 0.25) is 5.91 Å². The van der Waals surface area contributed by atoms with E-state index in [9.17, 15) is 4.79 Å². The number of carbonyl (C=O) groups is 1. The molecule has 1 aliphatic rings. The Morgan fingerprint density at radius 1 is 1.33 bits per heavy atom. The smallest absolute Gasteiger partial charge is 0.227 e. The lowest BCUT2D eigenvalue weighted by Gasteiger charge is -2.24. The molecule has 0 radical (unpaired) electrons. The highest BCUT2D eigenvalue weighted by atomic mass is 16.1. The van der Waals surface area contributed by atoms with Gasteiger partial charge in [0.1, 0.15) is 5.65 Å². The summed E-state index contributed by atoms with van der Waals surface area (Å²) in [6.07, 6.45) is 12.7. The second-order valence-electron chi connectivity index (χ2n) is 5.25. The molecule has 2 N–H and O–H groups in total. The second-order valence-corrected chi connectivity index (χ2v) is 5.25. The molecule has 0 saturated carbocycles. The molecule has 3 rings (SSSR count). The van der Waals surface area contributed by atoms with Crippen molar-refractivity contribution in [3.05, 3.63) is 54.4 Å². The minimum Gasteiger partial charge on any atom is -0.356 e. The van der Waals surface area contributed by atoms with Gasteiger partial charge in [-0.15, -0.1) is 0 Å². The van der Waals surface area contributed by atoms with Gasteiger partial charge in [-0.1, -0.05) is 31.2 Å². The molecule has 108 valence electrons. The predicted molar refractivity (Wildman–Crippen MR) is 83.9 cm³/mol. The van der Waals surface area contributed by atoms with Crippen molar-refractivity contribution >= 4 is 16.9 Å². The van der Waals surface area contributed by atoms with Crippen LogP contribution in [-0.2, 0) is 4.79 Å². The van der Waals surface area contributed by atoms with Crippen LogP contribution in [0.5, 0.6) is 0 Å². The van der Waals surface area contributed by atoms with E-state index in [2.05, 4.69) is 28.3 Å². The number of pyridine rings is 1. The Bertz CT molecular complexity index is 699. The van der Waals surface area contributed by atoms with Crippen molar-refractivity contribution in [3.8, 4) is 0 Å². The number of hydrogen-bond acceptors (Lipinski definition) is 2. The van der Waals surface area contributed by atoms with E-state index < -0.39 is 0 Å². The Morgan fingerprint density at radius 2 is 2.19 bits per heavy atom. The Labute approximate surface area is 124 Å². The number of fused-ring (bicyclic) bond motifs is 1. The third-order valence-electron chi connectivity index (χ3n) is 3.84. The molecule has 4 nitrogen and oxygen atoms in total. The molecule has 1 amide bonds. The van der Waals surface area contributed by atoms with Gasteiger partial charge in [0, 0.05) is 30.2 Å². The Balaban J connectivity index is 1.95. The molecule has 2 heterocycles. The van der Waals surface area contributed by atoms with Gasteiger partial charge in [-0.05, 0) is 24.1 Å². The average Bonchev–Trinajstić information content (AvgIpc) is 3.01. The van der Waals surface area contributed by atoms with Crippen LogP contribution in [0.15, 0.2) is 48.8 Å². The highest BCUT2D eigenvalue weighted by molar-refractivity contribution is 5.85. The van der Waals surface area contributed by atoms with Crippen molar-refractivity contribution in [2.45, 2.75) is 19.3 Å². The number of nitrogens with one attached hydrogen (secondary N) is 2. The van der Waals surface area contributed by atoms with Gasteiger partial charge in [-0.2, -0.15) is 0 Å². The van der Waals surface area contributed by atoms with Gasteiger partial charge >= 0.3 is 0 Å². The second kappa shape index (κ2) is 5.95. The summed E-state index contributed by atoms with van der Waals surface area (Å²) >= 11 is 0. The number of nitrogens with zero attached hydrogens (tertiary/aromatic N) is 1. The standard InChI is InChI=1S/C17H19N3O/c1-2-9-20-17(21)15-6-4-3-5-12(15)13-7-10-18-16-14(13)8-11-19-16/h3-8,10-12,15H,2,9H2,1H3,(H,18,19)(H,20,21). The number of aromatic amines is 1. The Hall–Kier alpha value is -2.36. The van der Waals surface area contributed by atoms with Gasteiger partial charge < -0.3 is 10.3 Å². The normalized spacial score (nSPS) is 20.8. The topological polar surface area (TPSA) is 57.8 Å². The molecule has 2 atom stereocenters. The molecule has 0 fully saturated rings. The number of hydrogen-bond donors (Lipinski definition) is 2. The van der Waals surface area contributed by atoms with Crippen LogP contribution in [0.1, 0.15) is 24.8 Å². The van der Waals surface area contributed by atoms with E-state index in [1.807, 2.05) is 36.6 Å². The van der Waals surface area contributed by atoms with Crippen LogP contribution in [0.3, 0.4) is 0 Å². The van der Waals surface area contributed by atoms with E-state index in [1.54, 1.807) is 6.20 Å². The molecule has 0 spiro atoms. The number of rotatable bonds is 4. The SMILES string of the molecule is CCCNC(=O)C1C=CC=CC1c1ccnc2[nH]ccc12. The fraction of sp³-hybridized carbons (Fsp3) is 0.294. The van der Waals surface area contributed by atoms with Crippen molar-refractivity contribution < 1.29 is 4.79 Å². The molecule has 4 heteroatoms. The van der Waals surface area contributed by atoms with Crippen molar-refractivity contribution in [2.75, 3.05) is 6.54 Å². The van der Waals surface area contributed by atoms with E-state index in [1.165, 1.54) is 0 Å². The first-order chi connectivity index (χ1) is 10.3. The number of carbonyl (C=O) groups excluding carboxylic acids is 1. The zero-order chi connectivity index (χ0) is 14.7. The Morgan fingerprint density at radius 3 is 3.05 bits per heavy atom. The van der Waals surface area contributed by atoms with E-state index >= 15 is 0 Å². The van der Waals surface area contributed by atoms with Crippen LogP contribution in [0.2, 0.25) is 0 Å². The summed E-state index contributed by atoms with van der Waals surface area (Å²) < 4.78 is 0. The highest BCUT2D eigenvalue weighted by Gasteiger charge is 2.28. The molecule has 1 aliphatic carbocycles. The fourth-order valence-electron chi connectivity index (χ4n) is 2.79. The number of H-pyrrole nitrogens is 1. The third-order valence-corrected chi connectivity index (χ3v) is 3.84. The van der Waals surface area contributed by atoms with Gasteiger partial charge in [-0.3, -0.25) is 4.79 Å². The zero-order valence-corrected chi connectivity index (χ0v) is 12.0. The fourth-order valence-corrected chi connectivity index (χ4v) is 2.79. The van der Waals surface area contributed by atoms with Crippen LogP contribution in [0.4, 0.5) is 0 Å². The van der Waals surface area contributed by atoms with Gasteiger partial charge in [0.05, 0.1) is 5.92 Å². The summed E-state index contributed by atoms with van der Waals surface area (Å²) in [5, 5.41) is 4.08. The molecule has 0 saturated heterocycles. The lowest BCUT2D eigenvalue weighted by molar-refractivity contribution is -0.123. The van der Waals surface area contributed by atoms with Crippen molar-refractivity contribution in [3.63, 3.8) is 0 Å². The van der Waals surface area contributed by atoms with Gasteiger partial charge in [-0.25, -0.2) is 4.98 Å². The molecule has 0 bridgehead atoms. The van der Waals surface area contributed by atoms with Crippen LogP contribution < -0.4 is 5.32 Å². The lowest BCUT2D eigenvalue weighted by atomic mass is 9.81. The van der Waals surface area contributed by atoms with Crippen LogP contribution >= 0.6 is 0 Å². The van der Waals surface area contributed by atoms with Crippen LogP contribution in [0, 0.1) is 5.92 Å². The third kappa shape index (κ3) is 2.61. The minimum absolute atomic E-state index is 0.0492. The molecule has 2 aromatic rings. The summed E-state index contributed by atoms with van der Waals surface area (Å²) in [6.45, 7) is 2.77.